The summed E-state index contributed by atoms with van der Waals surface area (Å²) < 4.78 is 17.8. The third-order valence-electron chi connectivity index (χ3n) is 2.40. The van der Waals surface area contributed by atoms with E-state index in [0.29, 0.717) is 12.2 Å². The van der Waals surface area contributed by atoms with Crippen LogP contribution in [-0.4, -0.2) is 29.8 Å². The van der Waals surface area contributed by atoms with Gasteiger partial charge in [-0.05, 0) is 44.5 Å². The molecule has 0 saturated heterocycles. The highest BCUT2D eigenvalue weighted by Gasteiger charge is 2.19. The smallest absolute Gasteiger partial charge is 0.258 e. The van der Waals surface area contributed by atoms with Crippen molar-refractivity contribution in [3.05, 3.63) is 30.1 Å². The lowest BCUT2D eigenvalue weighted by Gasteiger charge is -2.25. The van der Waals surface area contributed by atoms with Gasteiger partial charge in [0.05, 0.1) is 0 Å². The van der Waals surface area contributed by atoms with Crippen molar-refractivity contribution < 1.29 is 19.0 Å². The fourth-order valence-electron chi connectivity index (χ4n) is 1.44. The molecule has 0 radical (unpaired) electrons. The van der Waals surface area contributed by atoms with Crippen molar-refractivity contribution in [2.75, 3.05) is 13.2 Å². The standard InChI is InChI=1S/C13H18FNO3/c1-13(2,7-8-16)15-12(17)9-18-11-5-3-10(14)4-6-11/h3-6,16H,7-9H2,1-2H3,(H,15,17). The summed E-state index contributed by atoms with van der Waals surface area (Å²) in [6.45, 7) is 3.50. The van der Waals surface area contributed by atoms with Crippen molar-refractivity contribution in [3.63, 3.8) is 0 Å². The highest BCUT2D eigenvalue weighted by Crippen LogP contribution is 2.11. The Hall–Kier alpha value is -1.62. The lowest BCUT2D eigenvalue weighted by molar-refractivity contribution is -0.124. The second kappa shape index (κ2) is 6.35. The van der Waals surface area contributed by atoms with E-state index in [-0.39, 0.29) is 24.9 Å². The van der Waals surface area contributed by atoms with Gasteiger partial charge in [-0.1, -0.05) is 0 Å². The molecule has 0 atom stereocenters. The number of hydrogen-bond donors (Lipinski definition) is 2. The predicted octanol–water partition coefficient (Wildman–Crippen LogP) is 1.48. The SMILES string of the molecule is CC(C)(CCO)NC(=O)COc1ccc(F)cc1. The van der Waals surface area contributed by atoms with Crippen LogP contribution in [0.25, 0.3) is 0 Å². The zero-order chi connectivity index (χ0) is 13.6. The van der Waals surface area contributed by atoms with Crippen molar-refractivity contribution >= 4 is 5.91 Å². The van der Waals surface area contributed by atoms with Gasteiger partial charge < -0.3 is 15.2 Å². The molecule has 0 bridgehead atoms. The molecule has 1 rings (SSSR count). The number of amides is 1. The number of aliphatic hydroxyl groups is 1. The number of nitrogens with one attached hydrogen (secondary N) is 1. The predicted molar refractivity (Wildman–Crippen MR) is 65.8 cm³/mol. The van der Waals surface area contributed by atoms with Crippen LogP contribution in [0.4, 0.5) is 4.39 Å². The van der Waals surface area contributed by atoms with Gasteiger partial charge in [-0.3, -0.25) is 4.79 Å². The molecule has 1 aromatic carbocycles. The molecule has 0 aromatic heterocycles. The monoisotopic (exact) mass is 255 g/mol. The first-order valence-electron chi connectivity index (χ1n) is 5.73. The fourth-order valence-corrected chi connectivity index (χ4v) is 1.44. The van der Waals surface area contributed by atoms with E-state index in [9.17, 15) is 9.18 Å². The average Bonchev–Trinajstić information content (AvgIpc) is 2.27. The summed E-state index contributed by atoms with van der Waals surface area (Å²) in [7, 11) is 0. The van der Waals surface area contributed by atoms with E-state index >= 15 is 0 Å². The molecule has 0 fully saturated rings. The number of aliphatic hydroxyl groups excluding tert-OH is 1. The van der Waals surface area contributed by atoms with Gasteiger partial charge in [0.15, 0.2) is 6.61 Å². The molecular formula is C13H18FNO3. The average molecular weight is 255 g/mol. The van der Waals surface area contributed by atoms with Gasteiger partial charge in [-0.25, -0.2) is 4.39 Å². The first-order chi connectivity index (χ1) is 8.43. The first-order valence-corrected chi connectivity index (χ1v) is 5.73. The van der Waals surface area contributed by atoms with E-state index in [1.807, 2.05) is 13.8 Å². The first kappa shape index (κ1) is 14.4. The van der Waals surface area contributed by atoms with Crippen LogP contribution in [0.3, 0.4) is 0 Å². The second-order valence-electron chi connectivity index (χ2n) is 4.65. The molecule has 0 heterocycles. The van der Waals surface area contributed by atoms with Crippen molar-refractivity contribution in [2.24, 2.45) is 0 Å². The van der Waals surface area contributed by atoms with Gasteiger partial charge in [0.25, 0.3) is 5.91 Å². The lowest BCUT2D eigenvalue weighted by Crippen LogP contribution is -2.46. The second-order valence-corrected chi connectivity index (χ2v) is 4.65. The molecule has 18 heavy (non-hydrogen) atoms. The largest absolute Gasteiger partial charge is 0.484 e. The zero-order valence-corrected chi connectivity index (χ0v) is 10.6. The number of benzene rings is 1. The molecule has 0 saturated carbocycles. The molecular weight excluding hydrogens is 237 g/mol. The number of halogens is 1. The van der Waals surface area contributed by atoms with Crippen LogP contribution < -0.4 is 10.1 Å². The maximum Gasteiger partial charge on any atom is 0.258 e. The Morgan fingerprint density at radius 1 is 1.39 bits per heavy atom. The van der Waals surface area contributed by atoms with E-state index in [2.05, 4.69) is 5.32 Å². The normalized spacial score (nSPS) is 11.1. The van der Waals surface area contributed by atoms with Crippen molar-refractivity contribution in [1.82, 2.24) is 5.32 Å². The third kappa shape index (κ3) is 5.14. The number of carbonyl (C=O) groups excluding carboxylic acids is 1. The minimum atomic E-state index is -0.474. The van der Waals surface area contributed by atoms with Gasteiger partial charge in [-0.15, -0.1) is 0 Å². The maximum absolute atomic E-state index is 12.6. The quantitative estimate of drug-likeness (QED) is 0.809. The van der Waals surface area contributed by atoms with Gasteiger partial charge in [0, 0.05) is 12.1 Å². The number of hydrogen-bond acceptors (Lipinski definition) is 3. The minimum absolute atomic E-state index is 0.00605. The van der Waals surface area contributed by atoms with Gasteiger partial charge in [0.1, 0.15) is 11.6 Å². The van der Waals surface area contributed by atoms with Crippen LogP contribution in [0.5, 0.6) is 5.75 Å². The molecule has 1 aromatic rings. The van der Waals surface area contributed by atoms with Gasteiger partial charge in [0.2, 0.25) is 0 Å². The number of ether oxygens (including phenoxy) is 1. The van der Waals surface area contributed by atoms with Gasteiger partial charge in [-0.2, -0.15) is 0 Å². The van der Waals surface area contributed by atoms with Crippen LogP contribution in [-0.2, 0) is 4.79 Å². The van der Waals surface area contributed by atoms with E-state index in [1.54, 1.807) is 0 Å². The van der Waals surface area contributed by atoms with Crippen LogP contribution in [0.1, 0.15) is 20.3 Å². The number of carbonyl (C=O) groups is 1. The van der Waals surface area contributed by atoms with E-state index in [4.69, 9.17) is 9.84 Å². The highest BCUT2D eigenvalue weighted by atomic mass is 19.1. The van der Waals surface area contributed by atoms with E-state index in [1.165, 1.54) is 24.3 Å². The molecule has 1 amide bonds. The summed E-state index contributed by atoms with van der Waals surface area (Å²) in [6, 6.07) is 5.45. The summed E-state index contributed by atoms with van der Waals surface area (Å²) in [4.78, 5) is 11.6. The van der Waals surface area contributed by atoms with Crippen LogP contribution >= 0.6 is 0 Å². The summed E-state index contributed by atoms with van der Waals surface area (Å²) in [5, 5.41) is 11.6. The summed E-state index contributed by atoms with van der Waals surface area (Å²) in [6.07, 6.45) is 0.468. The molecule has 0 aliphatic carbocycles. The lowest BCUT2D eigenvalue weighted by atomic mass is 10.0. The van der Waals surface area contributed by atoms with E-state index in [0.717, 1.165) is 0 Å². The van der Waals surface area contributed by atoms with Crippen molar-refractivity contribution in [2.45, 2.75) is 25.8 Å². The topological polar surface area (TPSA) is 58.6 Å². The van der Waals surface area contributed by atoms with Crippen molar-refractivity contribution in [3.8, 4) is 5.75 Å². The maximum atomic E-state index is 12.6. The third-order valence-corrected chi connectivity index (χ3v) is 2.40. The summed E-state index contributed by atoms with van der Waals surface area (Å²) in [5.74, 6) is -0.194. The molecule has 100 valence electrons. The molecule has 0 unspecified atom stereocenters. The van der Waals surface area contributed by atoms with Crippen LogP contribution in [0.15, 0.2) is 24.3 Å². The van der Waals surface area contributed by atoms with Crippen LogP contribution in [0.2, 0.25) is 0 Å². The zero-order valence-electron chi connectivity index (χ0n) is 10.6. The summed E-state index contributed by atoms with van der Waals surface area (Å²) >= 11 is 0. The highest BCUT2D eigenvalue weighted by molar-refractivity contribution is 5.78. The van der Waals surface area contributed by atoms with Gasteiger partial charge >= 0.3 is 0 Å². The Kier molecular flexibility index (Phi) is 5.09. The number of rotatable bonds is 6. The molecule has 0 aliphatic rings. The Morgan fingerprint density at radius 3 is 2.56 bits per heavy atom. The molecule has 5 heteroatoms. The molecule has 0 spiro atoms. The Balaban J connectivity index is 2.39. The Labute approximate surface area is 106 Å². The minimum Gasteiger partial charge on any atom is -0.484 e. The van der Waals surface area contributed by atoms with Crippen molar-refractivity contribution in [1.29, 1.82) is 0 Å². The Morgan fingerprint density at radius 2 is 2.00 bits per heavy atom. The molecule has 0 aliphatic heterocycles. The van der Waals surface area contributed by atoms with Crippen LogP contribution in [0, 0.1) is 5.82 Å². The summed E-state index contributed by atoms with van der Waals surface area (Å²) in [5.41, 5.74) is -0.474. The Bertz CT molecular complexity index is 390. The molecule has 4 nitrogen and oxygen atoms in total. The molecule has 2 N–H and O–H groups in total. The fraction of sp³-hybridized carbons (Fsp3) is 0.462. The van der Waals surface area contributed by atoms with E-state index < -0.39 is 5.54 Å².